The predicted molar refractivity (Wildman–Crippen MR) is 304 cm³/mol. The van der Waals surface area contributed by atoms with E-state index in [2.05, 4.69) is 0 Å². The fraction of sp³-hybridized carbons (Fsp3) is 0.444. The van der Waals surface area contributed by atoms with E-state index in [1.54, 1.807) is 74.5 Å². The molecule has 22 heteroatoms. The van der Waals surface area contributed by atoms with E-state index in [4.69, 9.17) is 47.4 Å². The first-order chi connectivity index (χ1) is 40.2. The maximum Gasteiger partial charge on any atom is 0.303 e. The van der Waals surface area contributed by atoms with E-state index >= 15 is 0 Å². The molecule has 0 unspecified atom stereocenters. The Balaban J connectivity index is 0.000000311. The second kappa shape index (κ2) is 32.5. The van der Waals surface area contributed by atoms with Gasteiger partial charge in [0.05, 0.1) is 10.6 Å². The molecule has 2 saturated heterocycles. The van der Waals surface area contributed by atoms with E-state index in [0.717, 1.165) is 11.1 Å². The molecule has 2 aliphatic rings. The molecule has 0 N–H and O–H groups in total. The summed E-state index contributed by atoms with van der Waals surface area (Å²) in [5.41, 5.74) is 3.32. The van der Waals surface area contributed by atoms with Gasteiger partial charge in [0.2, 0.25) is 0 Å². The summed E-state index contributed by atoms with van der Waals surface area (Å²) in [6.45, 7) is 13.2. The Morgan fingerprint density at radius 1 is 0.541 bits per heavy atom. The average Bonchev–Trinajstić information content (AvgIpc) is 3.17. The van der Waals surface area contributed by atoms with Crippen molar-refractivity contribution in [2.45, 2.75) is 141 Å². The molecule has 0 radical (unpaired) electrons. The lowest BCUT2D eigenvalue weighted by atomic mass is 9.83. The van der Waals surface area contributed by atoms with Crippen molar-refractivity contribution in [3.8, 4) is 0 Å². The molecule has 458 valence electrons. The van der Waals surface area contributed by atoms with E-state index < -0.39 is 119 Å². The van der Waals surface area contributed by atoms with Crippen LogP contribution in [0.4, 0.5) is 0 Å². The molecular formula is C63H74O21S. The number of benzene rings is 4. The van der Waals surface area contributed by atoms with Crippen LogP contribution in [0.25, 0.3) is 6.08 Å². The molecule has 0 aromatic heterocycles. The van der Waals surface area contributed by atoms with E-state index in [-0.39, 0.29) is 60.3 Å². The third kappa shape index (κ3) is 21.4. The fourth-order valence-electron chi connectivity index (χ4n) is 9.58. The van der Waals surface area contributed by atoms with Crippen LogP contribution in [0.3, 0.4) is 0 Å². The van der Waals surface area contributed by atoms with Crippen molar-refractivity contribution >= 4 is 69.1 Å². The lowest BCUT2D eigenvalue weighted by Crippen LogP contribution is -2.58. The Morgan fingerprint density at radius 2 is 1.01 bits per heavy atom. The summed E-state index contributed by atoms with van der Waals surface area (Å²) in [6, 6.07) is 31.5. The number of Topliss-reactive ketones (excluding diaryl/α,β-unsaturated/α-hetero) is 2. The van der Waals surface area contributed by atoms with Crippen molar-refractivity contribution in [3.05, 3.63) is 143 Å². The second-order valence-electron chi connectivity index (χ2n) is 20.8. The molecule has 21 nitrogen and oxygen atoms in total. The molecule has 2 aliphatic heterocycles. The molecule has 4 aromatic rings. The summed E-state index contributed by atoms with van der Waals surface area (Å²) >= 11 is 0. The van der Waals surface area contributed by atoms with Crippen molar-refractivity contribution in [1.29, 1.82) is 0 Å². The van der Waals surface area contributed by atoms with Crippen LogP contribution in [-0.2, 0) is 108 Å². The number of rotatable bonds is 25. The first kappa shape index (κ1) is 68.0. The minimum atomic E-state index is -3.61. The SMILES string of the molecule is CC(=O)OC[C@H]1O[C@@H](OCC(=O)/C=C/c2cccc(S(=O)(=O)Cc3ccccc3)c2)[C@H](C)[C@@H](OC(C)=O)[C@H]1OC(C)=O.CC(=O)OC[C@H]1O[C@@H](OCC(=O)c2ccc(CC(=O)[C@H](c3ccccc3)C(C)C)cc2)[C@H](C)[C@@H](OC(C)=O)[C@H]1OC(C)=O. The van der Waals surface area contributed by atoms with Gasteiger partial charge in [0.15, 0.2) is 46.2 Å². The Kier molecular flexibility index (Phi) is 26.0. The number of ether oxygens (including phenoxy) is 10. The highest BCUT2D eigenvalue weighted by atomic mass is 32.2. The molecule has 2 heterocycles. The first-order valence-corrected chi connectivity index (χ1v) is 29.1. The number of sulfone groups is 1. The Morgan fingerprint density at radius 3 is 1.48 bits per heavy atom. The molecule has 6 rings (SSSR count). The predicted octanol–water partition coefficient (Wildman–Crippen LogP) is 7.27. The Labute approximate surface area is 494 Å². The first-order valence-electron chi connectivity index (χ1n) is 27.5. The zero-order chi connectivity index (χ0) is 62.5. The van der Waals surface area contributed by atoms with Gasteiger partial charge in [-0.05, 0) is 46.4 Å². The lowest BCUT2D eigenvalue weighted by molar-refractivity contribution is -0.286. The van der Waals surface area contributed by atoms with Crippen LogP contribution in [0.2, 0.25) is 0 Å². The third-order valence-corrected chi connectivity index (χ3v) is 15.2. The molecule has 85 heavy (non-hydrogen) atoms. The third-order valence-electron chi connectivity index (χ3n) is 13.5. The van der Waals surface area contributed by atoms with Crippen LogP contribution in [0.1, 0.15) is 108 Å². The number of hydrogen-bond acceptors (Lipinski definition) is 21. The largest absolute Gasteiger partial charge is 0.463 e. The highest BCUT2D eigenvalue weighted by molar-refractivity contribution is 7.90. The van der Waals surface area contributed by atoms with E-state index in [9.17, 15) is 51.6 Å². The number of hydrogen-bond donors (Lipinski definition) is 0. The number of carbonyl (C=O) groups is 9. The van der Waals surface area contributed by atoms with Crippen molar-refractivity contribution in [2.24, 2.45) is 17.8 Å². The van der Waals surface area contributed by atoms with Gasteiger partial charge in [-0.1, -0.05) is 131 Å². The molecular weight excluding hydrogens is 1120 g/mol. The van der Waals surface area contributed by atoms with Crippen LogP contribution in [0.15, 0.2) is 120 Å². The number of esters is 6. The normalized spacial score (nSPS) is 22.3. The molecule has 0 bridgehead atoms. The summed E-state index contributed by atoms with van der Waals surface area (Å²) < 4.78 is 80.8. The van der Waals surface area contributed by atoms with Gasteiger partial charge in [0.25, 0.3) is 0 Å². The van der Waals surface area contributed by atoms with Gasteiger partial charge in [-0.25, -0.2) is 8.42 Å². The fourth-order valence-corrected chi connectivity index (χ4v) is 11.0. The highest BCUT2D eigenvalue weighted by Crippen LogP contribution is 2.34. The summed E-state index contributed by atoms with van der Waals surface area (Å²) in [4.78, 5) is 109. The molecule has 0 aliphatic carbocycles. The number of carbonyl (C=O) groups excluding carboxylic acids is 9. The van der Waals surface area contributed by atoms with Gasteiger partial charge in [-0.15, -0.1) is 0 Å². The van der Waals surface area contributed by atoms with Crippen LogP contribution in [0.5, 0.6) is 0 Å². The van der Waals surface area contributed by atoms with Gasteiger partial charge < -0.3 is 47.4 Å². The van der Waals surface area contributed by atoms with E-state index in [1.807, 2.05) is 50.2 Å². The molecule has 2 fully saturated rings. The second-order valence-corrected chi connectivity index (χ2v) is 22.8. The number of ketones is 3. The maximum absolute atomic E-state index is 13.2. The van der Waals surface area contributed by atoms with Crippen molar-refractivity contribution in [2.75, 3.05) is 26.4 Å². The van der Waals surface area contributed by atoms with Crippen LogP contribution >= 0.6 is 0 Å². The zero-order valence-corrected chi connectivity index (χ0v) is 50.0. The van der Waals surface area contributed by atoms with Crippen LogP contribution in [-0.4, -0.2) is 137 Å². The van der Waals surface area contributed by atoms with Gasteiger partial charge in [-0.3, -0.25) is 43.2 Å². The maximum atomic E-state index is 13.2. The highest BCUT2D eigenvalue weighted by Gasteiger charge is 2.50. The van der Waals surface area contributed by atoms with E-state index in [1.165, 1.54) is 65.8 Å². The quantitative estimate of drug-likeness (QED) is 0.0273. The smallest absolute Gasteiger partial charge is 0.303 e. The lowest BCUT2D eigenvalue weighted by Gasteiger charge is -2.43. The van der Waals surface area contributed by atoms with Gasteiger partial charge in [0.1, 0.15) is 56.6 Å². The average molecular weight is 1200 g/mol. The molecule has 0 spiro atoms. The molecule has 4 aromatic carbocycles. The van der Waals surface area contributed by atoms with Gasteiger partial charge in [0, 0.05) is 71.3 Å². The Hall–Kier alpha value is -7.76. The topological polar surface area (TPSA) is 280 Å². The van der Waals surface area contributed by atoms with Crippen LogP contribution in [0, 0.1) is 17.8 Å². The van der Waals surface area contributed by atoms with Crippen LogP contribution < -0.4 is 0 Å². The molecule has 11 atom stereocenters. The summed E-state index contributed by atoms with van der Waals surface area (Å²) in [5.74, 6) is -5.95. The molecule has 0 saturated carbocycles. The summed E-state index contributed by atoms with van der Waals surface area (Å²) in [7, 11) is -3.61. The minimum Gasteiger partial charge on any atom is -0.463 e. The van der Waals surface area contributed by atoms with Crippen molar-refractivity contribution in [1.82, 2.24) is 0 Å². The zero-order valence-electron chi connectivity index (χ0n) is 49.2. The summed E-state index contributed by atoms with van der Waals surface area (Å²) in [5, 5.41) is 0. The molecule has 0 amide bonds. The van der Waals surface area contributed by atoms with E-state index in [0.29, 0.717) is 16.7 Å². The standard InChI is InChI=1S/C33H40O10.C30H34O11S/c1-19(2)30(26-10-8-7-9-11-26)27(37)16-24-12-14-25(15-13-24)28(38)17-40-33-20(3)31(41-22(5)35)32(42-23(6)36)29(43-33)18-39-21(4)34;1-19-28(39-21(3)32)29(40-22(4)33)27(17-37-20(2)31)41-30(19)38-16-25(34)14-13-23-11-8-12-26(15-23)42(35,36)18-24-9-6-5-7-10-24/h7-15,19-20,29-33H,16-18H2,1-6H3;5-15,19,27-30H,16-18H2,1-4H3/b;14-13+/t20-,29-,30+,31-,32+,33-;19-,27-,28-,29+,30-/m11/s1. The van der Waals surface area contributed by atoms with Crippen molar-refractivity contribution < 1.29 is 98.9 Å². The van der Waals surface area contributed by atoms with Gasteiger partial charge in [-0.2, -0.15) is 0 Å². The Bertz CT molecular complexity index is 3090. The monoisotopic (exact) mass is 1200 g/mol. The van der Waals surface area contributed by atoms with Gasteiger partial charge >= 0.3 is 35.8 Å². The summed E-state index contributed by atoms with van der Waals surface area (Å²) in [6.07, 6.45) is -5.31. The minimum absolute atomic E-state index is 0.102. The van der Waals surface area contributed by atoms with Crippen molar-refractivity contribution in [3.63, 3.8) is 0 Å².